The van der Waals surface area contributed by atoms with E-state index in [2.05, 4.69) is 61.1 Å². The van der Waals surface area contributed by atoms with Crippen LogP contribution in [0, 0.1) is 6.92 Å². The third-order valence-electron chi connectivity index (χ3n) is 4.06. The van der Waals surface area contributed by atoms with E-state index >= 15 is 0 Å². The number of thiophene rings is 1. The van der Waals surface area contributed by atoms with Gasteiger partial charge in [0.1, 0.15) is 0 Å². The number of hydrogen-bond donors (Lipinski definition) is 1. The number of nitrogens with one attached hydrogen (secondary N) is 1. The standard InChI is InChI=1S/C16H19NS/c1-12-10-13(11-18-12)15(17-2)16(8-9-16)14-6-4-3-5-7-14/h3-7,10-11,15,17H,8-9H2,1-2H3. The van der Waals surface area contributed by atoms with Crippen molar-refractivity contribution in [2.45, 2.75) is 31.2 Å². The topological polar surface area (TPSA) is 12.0 Å². The molecule has 94 valence electrons. The van der Waals surface area contributed by atoms with Crippen molar-refractivity contribution in [3.63, 3.8) is 0 Å². The molecule has 0 bridgehead atoms. The Labute approximate surface area is 113 Å². The van der Waals surface area contributed by atoms with Gasteiger partial charge in [-0.2, -0.15) is 0 Å². The lowest BCUT2D eigenvalue weighted by atomic mass is 9.85. The van der Waals surface area contributed by atoms with Crippen LogP contribution in [0.25, 0.3) is 0 Å². The fourth-order valence-corrected chi connectivity index (χ4v) is 3.76. The van der Waals surface area contributed by atoms with E-state index in [1.807, 2.05) is 11.3 Å². The molecule has 1 unspecified atom stereocenters. The van der Waals surface area contributed by atoms with Crippen LogP contribution >= 0.6 is 11.3 Å². The van der Waals surface area contributed by atoms with Gasteiger partial charge in [-0.25, -0.2) is 0 Å². The number of aryl methyl sites for hydroxylation is 1. The second-order valence-electron chi connectivity index (χ2n) is 5.23. The molecule has 1 aliphatic rings. The van der Waals surface area contributed by atoms with Crippen molar-refractivity contribution >= 4 is 11.3 Å². The van der Waals surface area contributed by atoms with Crippen molar-refractivity contribution in [2.24, 2.45) is 0 Å². The highest BCUT2D eigenvalue weighted by Gasteiger charge is 2.50. The monoisotopic (exact) mass is 257 g/mol. The fourth-order valence-electron chi connectivity index (χ4n) is 3.03. The Morgan fingerprint density at radius 3 is 2.44 bits per heavy atom. The second kappa shape index (κ2) is 4.52. The normalized spacial score (nSPS) is 18.6. The first-order chi connectivity index (χ1) is 8.76. The summed E-state index contributed by atoms with van der Waals surface area (Å²) in [4.78, 5) is 1.40. The van der Waals surface area contributed by atoms with E-state index in [1.165, 1.54) is 28.8 Å². The van der Waals surface area contributed by atoms with E-state index in [0.29, 0.717) is 11.5 Å². The Hall–Kier alpha value is -1.12. The highest BCUT2D eigenvalue weighted by Crippen LogP contribution is 2.56. The van der Waals surface area contributed by atoms with Crippen LogP contribution in [0.5, 0.6) is 0 Å². The molecule has 18 heavy (non-hydrogen) atoms. The summed E-state index contributed by atoms with van der Waals surface area (Å²) in [7, 11) is 2.08. The first kappa shape index (κ1) is 11.9. The van der Waals surface area contributed by atoms with Gasteiger partial charge in [-0.1, -0.05) is 30.3 Å². The molecule has 0 saturated heterocycles. The van der Waals surface area contributed by atoms with E-state index in [-0.39, 0.29) is 0 Å². The molecular weight excluding hydrogens is 238 g/mol. The molecule has 2 aromatic rings. The molecule has 0 amide bonds. The zero-order chi connectivity index (χ0) is 12.6. The molecule has 2 heteroatoms. The van der Waals surface area contributed by atoms with E-state index in [1.54, 1.807) is 0 Å². The average Bonchev–Trinajstić information content (AvgIpc) is 3.09. The SMILES string of the molecule is CNC(c1csc(C)c1)C1(c2ccccc2)CC1. The Balaban J connectivity index is 1.97. The lowest BCUT2D eigenvalue weighted by molar-refractivity contribution is 0.464. The summed E-state index contributed by atoms with van der Waals surface area (Å²) in [6.07, 6.45) is 2.58. The fraction of sp³-hybridized carbons (Fsp3) is 0.375. The maximum atomic E-state index is 3.54. The Bertz CT molecular complexity index is 525. The Morgan fingerprint density at radius 2 is 1.94 bits per heavy atom. The highest BCUT2D eigenvalue weighted by atomic mass is 32.1. The molecule has 1 aromatic carbocycles. The summed E-state index contributed by atoms with van der Waals surface area (Å²) in [5.41, 5.74) is 3.25. The number of likely N-dealkylation sites (N-methyl/N-ethyl adjacent to an activating group) is 1. The third kappa shape index (κ3) is 1.90. The summed E-state index contributed by atoms with van der Waals surface area (Å²) in [5.74, 6) is 0. The van der Waals surface area contributed by atoms with E-state index in [4.69, 9.17) is 0 Å². The maximum Gasteiger partial charge on any atom is 0.0424 e. The molecule has 0 aliphatic heterocycles. The molecular formula is C16H19NS. The smallest absolute Gasteiger partial charge is 0.0424 e. The molecule has 0 spiro atoms. The molecule has 1 N–H and O–H groups in total. The van der Waals surface area contributed by atoms with Gasteiger partial charge in [0, 0.05) is 16.3 Å². The van der Waals surface area contributed by atoms with Crippen LogP contribution in [-0.2, 0) is 5.41 Å². The van der Waals surface area contributed by atoms with Crippen molar-refractivity contribution in [3.8, 4) is 0 Å². The molecule has 3 rings (SSSR count). The predicted octanol–water partition coefficient (Wildman–Crippen LogP) is 4.05. The van der Waals surface area contributed by atoms with Crippen LogP contribution in [0.3, 0.4) is 0 Å². The number of benzene rings is 1. The average molecular weight is 257 g/mol. The van der Waals surface area contributed by atoms with Crippen molar-refractivity contribution < 1.29 is 0 Å². The van der Waals surface area contributed by atoms with Gasteiger partial charge in [0.05, 0.1) is 0 Å². The molecule has 1 saturated carbocycles. The molecule has 0 radical (unpaired) electrons. The van der Waals surface area contributed by atoms with Gasteiger partial charge in [0.25, 0.3) is 0 Å². The van der Waals surface area contributed by atoms with E-state index in [9.17, 15) is 0 Å². The molecule has 1 aromatic heterocycles. The van der Waals surface area contributed by atoms with E-state index in [0.717, 1.165) is 0 Å². The summed E-state index contributed by atoms with van der Waals surface area (Å²) in [5, 5.41) is 5.84. The minimum Gasteiger partial charge on any atom is -0.312 e. The third-order valence-corrected chi connectivity index (χ3v) is 4.94. The molecule has 1 heterocycles. The molecule has 1 fully saturated rings. The summed E-state index contributed by atoms with van der Waals surface area (Å²) in [6.45, 7) is 2.18. The van der Waals surface area contributed by atoms with Crippen LogP contribution in [-0.4, -0.2) is 7.05 Å². The Kier molecular flexibility index (Phi) is 3.00. The van der Waals surface area contributed by atoms with Crippen LogP contribution < -0.4 is 5.32 Å². The van der Waals surface area contributed by atoms with Crippen LogP contribution in [0.15, 0.2) is 41.8 Å². The maximum absolute atomic E-state index is 3.54. The van der Waals surface area contributed by atoms with Gasteiger partial charge >= 0.3 is 0 Å². The van der Waals surface area contributed by atoms with Gasteiger partial charge in [-0.05, 0) is 49.4 Å². The first-order valence-corrected chi connectivity index (χ1v) is 7.42. The van der Waals surface area contributed by atoms with Gasteiger partial charge in [-0.15, -0.1) is 11.3 Å². The van der Waals surface area contributed by atoms with Crippen LogP contribution in [0.2, 0.25) is 0 Å². The van der Waals surface area contributed by atoms with Crippen LogP contribution in [0.1, 0.15) is 34.9 Å². The largest absolute Gasteiger partial charge is 0.312 e. The minimum absolute atomic E-state index is 0.323. The number of rotatable bonds is 4. The van der Waals surface area contributed by atoms with Gasteiger partial charge in [-0.3, -0.25) is 0 Å². The quantitative estimate of drug-likeness (QED) is 0.871. The van der Waals surface area contributed by atoms with Gasteiger partial charge in [0.15, 0.2) is 0 Å². The van der Waals surface area contributed by atoms with Crippen molar-refractivity contribution in [1.82, 2.24) is 5.32 Å². The Morgan fingerprint density at radius 1 is 1.22 bits per heavy atom. The van der Waals surface area contributed by atoms with Crippen molar-refractivity contribution in [2.75, 3.05) is 7.05 Å². The lowest BCUT2D eigenvalue weighted by Crippen LogP contribution is -2.29. The zero-order valence-electron chi connectivity index (χ0n) is 10.9. The van der Waals surface area contributed by atoms with Crippen molar-refractivity contribution in [1.29, 1.82) is 0 Å². The zero-order valence-corrected chi connectivity index (χ0v) is 11.8. The molecule has 1 nitrogen and oxygen atoms in total. The van der Waals surface area contributed by atoms with Crippen LogP contribution in [0.4, 0.5) is 0 Å². The summed E-state index contributed by atoms with van der Waals surface area (Å²) >= 11 is 1.85. The second-order valence-corrected chi connectivity index (χ2v) is 6.35. The molecule has 1 aliphatic carbocycles. The summed E-state index contributed by atoms with van der Waals surface area (Å²) in [6, 6.07) is 13.7. The minimum atomic E-state index is 0.323. The lowest BCUT2D eigenvalue weighted by Gasteiger charge is -2.27. The highest BCUT2D eigenvalue weighted by molar-refractivity contribution is 7.10. The van der Waals surface area contributed by atoms with E-state index < -0.39 is 0 Å². The predicted molar refractivity (Wildman–Crippen MR) is 78.2 cm³/mol. The van der Waals surface area contributed by atoms with Gasteiger partial charge < -0.3 is 5.32 Å². The molecule has 1 atom stereocenters. The summed E-state index contributed by atoms with van der Waals surface area (Å²) < 4.78 is 0. The first-order valence-electron chi connectivity index (χ1n) is 6.54. The van der Waals surface area contributed by atoms with Crippen molar-refractivity contribution in [3.05, 3.63) is 57.8 Å². The number of hydrogen-bond acceptors (Lipinski definition) is 2. The van der Waals surface area contributed by atoms with Gasteiger partial charge in [0.2, 0.25) is 0 Å².